The van der Waals surface area contributed by atoms with Gasteiger partial charge in [0, 0.05) is 19.3 Å². The Kier molecular flexibility index (Phi) is 4.61. The summed E-state index contributed by atoms with van der Waals surface area (Å²) >= 11 is 0. The molecule has 0 atom stereocenters. The molecule has 0 bridgehead atoms. The molecule has 1 aliphatic rings. The van der Waals surface area contributed by atoms with Crippen LogP contribution in [-0.2, 0) is 12.5 Å². The number of halogens is 3. The first-order valence-electron chi connectivity index (χ1n) is 7.91. The van der Waals surface area contributed by atoms with Crippen LogP contribution in [0.25, 0.3) is 5.69 Å². The zero-order chi connectivity index (χ0) is 18.0. The van der Waals surface area contributed by atoms with Crippen molar-refractivity contribution < 1.29 is 13.2 Å². The van der Waals surface area contributed by atoms with Crippen molar-refractivity contribution in [1.82, 2.24) is 19.9 Å². The molecule has 0 amide bonds. The highest BCUT2D eigenvalue weighted by atomic mass is 19.3. The third kappa shape index (κ3) is 3.89. The van der Waals surface area contributed by atoms with E-state index in [2.05, 4.69) is 15.3 Å². The number of allylic oxidation sites excluding steroid dienone is 1. The number of benzene rings is 1. The molecule has 5 nitrogen and oxygen atoms in total. The van der Waals surface area contributed by atoms with Crippen molar-refractivity contribution in [2.24, 2.45) is 4.99 Å². The topological polar surface area (TPSA) is 46.3 Å². The van der Waals surface area contributed by atoms with Crippen LogP contribution in [-0.4, -0.2) is 32.8 Å². The third-order valence-corrected chi connectivity index (χ3v) is 3.87. The lowest BCUT2D eigenvalue weighted by Gasteiger charge is -2.20. The quantitative estimate of drug-likeness (QED) is 0.828. The average Bonchev–Trinajstić information content (AvgIpc) is 3.03. The molecule has 8 heteroatoms. The number of aromatic nitrogens is 3. The second-order valence-corrected chi connectivity index (χ2v) is 5.96. The summed E-state index contributed by atoms with van der Waals surface area (Å²) in [5.41, 5.74) is 1.45. The van der Waals surface area contributed by atoms with E-state index in [1.54, 1.807) is 6.20 Å². The molecule has 25 heavy (non-hydrogen) atoms. The molecule has 2 aromatic rings. The van der Waals surface area contributed by atoms with E-state index in [-0.39, 0.29) is 0 Å². The normalized spacial score (nSPS) is 14.8. The maximum absolute atomic E-state index is 13.6. The van der Waals surface area contributed by atoms with Crippen LogP contribution in [0.3, 0.4) is 0 Å². The zero-order valence-corrected chi connectivity index (χ0v) is 14.0. The SMILES string of the molecule is CCC1=CN(Cc2cn(-c3ccc(F)c(C(C)(F)F)c3)nn2)CN=C1. The monoisotopic (exact) mass is 349 g/mol. The van der Waals surface area contributed by atoms with Crippen LogP contribution in [0.2, 0.25) is 0 Å². The van der Waals surface area contributed by atoms with Gasteiger partial charge in [0.05, 0.1) is 24.0 Å². The second-order valence-electron chi connectivity index (χ2n) is 5.96. The molecule has 1 aromatic carbocycles. The number of nitrogens with zero attached hydrogens (tertiary/aromatic N) is 5. The predicted molar refractivity (Wildman–Crippen MR) is 88.2 cm³/mol. The Morgan fingerprint density at radius 3 is 2.80 bits per heavy atom. The summed E-state index contributed by atoms with van der Waals surface area (Å²) in [4.78, 5) is 6.26. The summed E-state index contributed by atoms with van der Waals surface area (Å²) in [5, 5.41) is 8.02. The van der Waals surface area contributed by atoms with Crippen LogP contribution in [0.4, 0.5) is 13.2 Å². The van der Waals surface area contributed by atoms with Crippen molar-refractivity contribution in [1.29, 1.82) is 0 Å². The van der Waals surface area contributed by atoms with Gasteiger partial charge in [-0.2, -0.15) is 0 Å². The van der Waals surface area contributed by atoms with Gasteiger partial charge in [0.25, 0.3) is 5.92 Å². The van der Waals surface area contributed by atoms with Gasteiger partial charge in [-0.3, -0.25) is 4.99 Å². The predicted octanol–water partition coefficient (Wildman–Crippen LogP) is 3.66. The molecule has 0 spiro atoms. The number of rotatable bonds is 5. The Balaban J connectivity index is 1.80. The molecule has 0 N–H and O–H groups in total. The average molecular weight is 349 g/mol. The maximum Gasteiger partial charge on any atom is 0.273 e. The summed E-state index contributed by atoms with van der Waals surface area (Å²) < 4.78 is 41.9. The first kappa shape index (κ1) is 17.2. The van der Waals surface area contributed by atoms with E-state index in [1.807, 2.05) is 24.2 Å². The summed E-state index contributed by atoms with van der Waals surface area (Å²) in [6.07, 6.45) is 6.39. The van der Waals surface area contributed by atoms with Crippen LogP contribution in [0, 0.1) is 5.82 Å². The van der Waals surface area contributed by atoms with Crippen molar-refractivity contribution in [2.75, 3.05) is 6.67 Å². The van der Waals surface area contributed by atoms with Gasteiger partial charge in [-0.15, -0.1) is 5.10 Å². The van der Waals surface area contributed by atoms with Gasteiger partial charge in [0.15, 0.2) is 0 Å². The van der Waals surface area contributed by atoms with Gasteiger partial charge in [0.1, 0.15) is 18.2 Å². The largest absolute Gasteiger partial charge is 0.352 e. The third-order valence-electron chi connectivity index (χ3n) is 3.87. The summed E-state index contributed by atoms with van der Waals surface area (Å²) in [7, 11) is 0. The molecule has 0 saturated heterocycles. The van der Waals surface area contributed by atoms with Gasteiger partial charge >= 0.3 is 0 Å². The van der Waals surface area contributed by atoms with E-state index < -0.39 is 17.3 Å². The van der Waals surface area contributed by atoms with Crippen molar-refractivity contribution in [3.63, 3.8) is 0 Å². The van der Waals surface area contributed by atoms with E-state index in [0.29, 0.717) is 31.5 Å². The van der Waals surface area contributed by atoms with Crippen LogP contribution < -0.4 is 0 Å². The smallest absolute Gasteiger partial charge is 0.273 e. The molecule has 2 heterocycles. The lowest BCUT2D eigenvalue weighted by Crippen LogP contribution is -2.21. The van der Waals surface area contributed by atoms with Crippen molar-refractivity contribution >= 4 is 6.21 Å². The molecule has 0 saturated carbocycles. The van der Waals surface area contributed by atoms with Crippen molar-refractivity contribution in [3.8, 4) is 5.69 Å². The Bertz CT molecular complexity index is 820. The van der Waals surface area contributed by atoms with E-state index in [9.17, 15) is 13.2 Å². The number of aliphatic imine (C=N–C) groups is 1. The zero-order valence-electron chi connectivity index (χ0n) is 14.0. The van der Waals surface area contributed by atoms with Crippen LogP contribution in [0.15, 0.2) is 41.2 Å². The van der Waals surface area contributed by atoms with Crippen molar-refractivity contribution in [3.05, 3.63) is 53.2 Å². The van der Waals surface area contributed by atoms with E-state index >= 15 is 0 Å². The first-order valence-corrected chi connectivity index (χ1v) is 7.91. The fourth-order valence-corrected chi connectivity index (χ4v) is 2.55. The van der Waals surface area contributed by atoms with E-state index in [0.717, 1.165) is 24.1 Å². The number of hydrogen-bond acceptors (Lipinski definition) is 4. The van der Waals surface area contributed by atoms with Gasteiger partial charge in [0.2, 0.25) is 0 Å². The summed E-state index contributed by atoms with van der Waals surface area (Å²) in [6.45, 7) is 3.74. The van der Waals surface area contributed by atoms with Gasteiger partial charge < -0.3 is 4.90 Å². The molecule has 1 aliphatic heterocycles. The van der Waals surface area contributed by atoms with Crippen molar-refractivity contribution in [2.45, 2.75) is 32.7 Å². The van der Waals surface area contributed by atoms with Gasteiger partial charge in [-0.1, -0.05) is 12.1 Å². The van der Waals surface area contributed by atoms with Gasteiger partial charge in [-0.05, 0) is 30.2 Å². The fraction of sp³-hybridized carbons (Fsp3) is 0.353. The van der Waals surface area contributed by atoms with Gasteiger partial charge in [-0.25, -0.2) is 17.9 Å². The lowest BCUT2D eigenvalue weighted by molar-refractivity contribution is 0.0137. The highest BCUT2D eigenvalue weighted by molar-refractivity contribution is 5.78. The molecule has 132 valence electrons. The van der Waals surface area contributed by atoms with Crippen LogP contribution in [0.1, 0.15) is 31.5 Å². The minimum absolute atomic E-state index is 0.332. The highest BCUT2D eigenvalue weighted by Gasteiger charge is 2.28. The second kappa shape index (κ2) is 6.70. The Labute approximate surface area is 143 Å². The highest BCUT2D eigenvalue weighted by Crippen LogP contribution is 2.30. The summed E-state index contributed by atoms with van der Waals surface area (Å²) in [5.74, 6) is -4.21. The molecular formula is C17H18F3N5. The van der Waals surface area contributed by atoms with E-state index in [1.165, 1.54) is 10.7 Å². The molecule has 0 fully saturated rings. The summed E-state index contributed by atoms with van der Waals surface area (Å²) in [6, 6.07) is 3.50. The molecular weight excluding hydrogens is 331 g/mol. The standard InChI is InChI=1S/C17H18F3N5/c1-3-12-7-21-11-24(8-12)9-13-10-25(23-22-13)14-4-5-16(18)15(6-14)17(2,19)20/h4-8,10H,3,9,11H2,1-2H3. The Hall–Kier alpha value is -2.64. The molecule has 0 radical (unpaired) electrons. The van der Waals surface area contributed by atoms with Crippen LogP contribution >= 0.6 is 0 Å². The maximum atomic E-state index is 13.6. The van der Waals surface area contributed by atoms with E-state index in [4.69, 9.17) is 0 Å². The molecule has 0 unspecified atom stereocenters. The van der Waals surface area contributed by atoms with Crippen LogP contribution in [0.5, 0.6) is 0 Å². The first-order chi connectivity index (χ1) is 11.9. The minimum Gasteiger partial charge on any atom is -0.352 e. The minimum atomic E-state index is -3.27. The molecule has 0 aliphatic carbocycles. The molecule has 3 rings (SSSR count). The Morgan fingerprint density at radius 2 is 2.08 bits per heavy atom. The Morgan fingerprint density at radius 1 is 1.28 bits per heavy atom. The molecule has 1 aromatic heterocycles. The lowest BCUT2D eigenvalue weighted by atomic mass is 10.1. The number of hydrogen-bond donors (Lipinski definition) is 0. The fourth-order valence-electron chi connectivity index (χ4n) is 2.55. The number of alkyl halides is 2.